The third kappa shape index (κ3) is 1.61. The van der Waals surface area contributed by atoms with Crippen molar-refractivity contribution in [2.45, 2.75) is 13.8 Å². The van der Waals surface area contributed by atoms with Crippen molar-refractivity contribution in [3.8, 4) is 11.1 Å². The van der Waals surface area contributed by atoms with Gasteiger partial charge in [0.15, 0.2) is 5.82 Å². The molecule has 1 aromatic heterocycles. The van der Waals surface area contributed by atoms with Gasteiger partial charge in [-0.15, -0.1) is 0 Å². The van der Waals surface area contributed by atoms with E-state index in [4.69, 9.17) is 5.73 Å². The highest BCUT2D eigenvalue weighted by molar-refractivity contribution is 5.76. The fraction of sp³-hybridized carbons (Fsp3) is 0.250. The molecule has 2 aromatic rings. The quantitative estimate of drug-likeness (QED) is 0.769. The lowest BCUT2D eigenvalue weighted by Crippen LogP contribution is -1.93. The molecule has 0 radical (unpaired) electrons. The molecule has 2 N–H and O–H groups in total. The molecule has 0 aliphatic heterocycles. The first kappa shape index (κ1) is 9.77. The summed E-state index contributed by atoms with van der Waals surface area (Å²) in [6.07, 6.45) is 0. The molecule has 0 unspecified atom stereocenters. The minimum atomic E-state index is 0.596. The first-order valence-corrected chi connectivity index (χ1v) is 4.95. The lowest BCUT2D eigenvalue weighted by atomic mass is 10.0. The Morgan fingerprint density at radius 1 is 1.13 bits per heavy atom. The fourth-order valence-corrected chi connectivity index (χ4v) is 1.71. The van der Waals surface area contributed by atoms with Crippen LogP contribution in [0.5, 0.6) is 0 Å². The topological polar surface area (TPSA) is 43.8 Å². The van der Waals surface area contributed by atoms with Crippen LogP contribution >= 0.6 is 0 Å². The predicted molar refractivity (Wildman–Crippen MR) is 62.5 cm³/mol. The zero-order valence-corrected chi connectivity index (χ0v) is 9.28. The molecule has 15 heavy (non-hydrogen) atoms. The van der Waals surface area contributed by atoms with Gasteiger partial charge >= 0.3 is 0 Å². The van der Waals surface area contributed by atoms with E-state index in [-0.39, 0.29) is 0 Å². The lowest BCUT2D eigenvalue weighted by molar-refractivity contribution is 0.744. The first-order valence-electron chi connectivity index (χ1n) is 4.95. The molecule has 0 spiro atoms. The van der Waals surface area contributed by atoms with Gasteiger partial charge in [-0.2, -0.15) is 5.10 Å². The number of hydrogen-bond acceptors (Lipinski definition) is 2. The molecule has 1 aromatic carbocycles. The summed E-state index contributed by atoms with van der Waals surface area (Å²) in [6, 6.07) is 8.33. The van der Waals surface area contributed by atoms with Gasteiger partial charge in [0, 0.05) is 18.3 Å². The van der Waals surface area contributed by atoms with Crippen LogP contribution in [0.25, 0.3) is 11.1 Å². The predicted octanol–water partition coefficient (Wildman–Crippen LogP) is 2.29. The molecule has 0 aliphatic rings. The van der Waals surface area contributed by atoms with Gasteiger partial charge in [0.1, 0.15) is 0 Å². The Bertz CT molecular complexity index is 480. The van der Waals surface area contributed by atoms with Gasteiger partial charge in [0.25, 0.3) is 0 Å². The van der Waals surface area contributed by atoms with Crippen molar-refractivity contribution in [2.24, 2.45) is 7.05 Å². The minimum absolute atomic E-state index is 0.596. The Kier molecular flexibility index (Phi) is 2.23. The minimum Gasteiger partial charge on any atom is -0.382 e. The molecule has 0 aliphatic carbocycles. The second-order valence-corrected chi connectivity index (χ2v) is 3.84. The fourth-order valence-electron chi connectivity index (χ4n) is 1.71. The van der Waals surface area contributed by atoms with Crippen LogP contribution in [0.2, 0.25) is 0 Å². The average Bonchev–Trinajstić information content (AvgIpc) is 2.44. The molecule has 3 heteroatoms. The number of nitrogens with two attached hydrogens (primary N) is 1. The van der Waals surface area contributed by atoms with E-state index >= 15 is 0 Å². The molecule has 0 amide bonds. The van der Waals surface area contributed by atoms with E-state index in [0.29, 0.717) is 5.82 Å². The molecule has 0 saturated carbocycles. The highest BCUT2D eigenvalue weighted by Crippen LogP contribution is 2.28. The number of hydrogen-bond donors (Lipinski definition) is 1. The SMILES string of the molecule is Cc1ccc(-c2c(N)nn(C)c2C)cc1. The number of aromatic nitrogens is 2. The number of rotatable bonds is 1. The Labute approximate surface area is 89.5 Å². The zero-order chi connectivity index (χ0) is 11.0. The summed E-state index contributed by atoms with van der Waals surface area (Å²) in [4.78, 5) is 0. The Morgan fingerprint density at radius 2 is 1.73 bits per heavy atom. The largest absolute Gasteiger partial charge is 0.382 e. The molecule has 78 valence electrons. The average molecular weight is 201 g/mol. The normalized spacial score (nSPS) is 10.6. The molecular formula is C12H15N3. The number of nitrogen functional groups attached to an aromatic ring is 1. The molecule has 2 rings (SSSR count). The first-order chi connectivity index (χ1) is 7.09. The van der Waals surface area contributed by atoms with Crippen LogP contribution in [0.3, 0.4) is 0 Å². The molecule has 0 bridgehead atoms. The van der Waals surface area contributed by atoms with E-state index in [1.807, 2.05) is 18.7 Å². The third-order valence-electron chi connectivity index (χ3n) is 2.70. The summed E-state index contributed by atoms with van der Waals surface area (Å²) in [5.41, 5.74) is 10.4. The van der Waals surface area contributed by atoms with Gasteiger partial charge in [-0.05, 0) is 19.4 Å². The van der Waals surface area contributed by atoms with Crippen LogP contribution < -0.4 is 5.73 Å². The summed E-state index contributed by atoms with van der Waals surface area (Å²) in [7, 11) is 1.91. The van der Waals surface area contributed by atoms with E-state index < -0.39 is 0 Å². The van der Waals surface area contributed by atoms with Crippen molar-refractivity contribution in [1.82, 2.24) is 9.78 Å². The van der Waals surface area contributed by atoms with Crippen molar-refractivity contribution >= 4 is 5.82 Å². The Balaban J connectivity index is 2.58. The number of benzene rings is 1. The van der Waals surface area contributed by atoms with Gasteiger partial charge in [0.2, 0.25) is 0 Å². The summed E-state index contributed by atoms with van der Waals surface area (Å²) >= 11 is 0. The number of aryl methyl sites for hydroxylation is 2. The molecular weight excluding hydrogens is 186 g/mol. The Hall–Kier alpha value is -1.77. The molecule has 0 fully saturated rings. The second-order valence-electron chi connectivity index (χ2n) is 3.84. The van der Waals surface area contributed by atoms with Crippen molar-refractivity contribution < 1.29 is 0 Å². The van der Waals surface area contributed by atoms with Crippen LogP contribution in [0.4, 0.5) is 5.82 Å². The summed E-state index contributed by atoms with van der Waals surface area (Å²) in [6.45, 7) is 4.10. The van der Waals surface area contributed by atoms with Gasteiger partial charge in [-0.1, -0.05) is 29.8 Å². The van der Waals surface area contributed by atoms with Crippen LogP contribution in [-0.4, -0.2) is 9.78 Å². The van der Waals surface area contributed by atoms with Crippen molar-refractivity contribution in [2.75, 3.05) is 5.73 Å². The van der Waals surface area contributed by atoms with E-state index in [1.54, 1.807) is 0 Å². The second kappa shape index (κ2) is 3.42. The highest BCUT2D eigenvalue weighted by Gasteiger charge is 2.11. The maximum atomic E-state index is 5.88. The molecule has 1 heterocycles. The van der Waals surface area contributed by atoms with E-state index in [2.05, 4.69) is 36.3 Å². The van der Waals surface area contributed by atoms with Gasteiger partial charge < -0.3 is 5.73 Å². The highest BCUT2D eigenvalue weighted by atomic mass is 15.3. The monoisotopic (exact) mass is 201 g/mol. The summed E-state index contributed by atoms with van der Waals surface area (Å²) in [5, 5.41) is 4.20. The third-order valence-corrected chi connectivity index (χ3v) is 2.70. The van der Waals surface area contributed by atoms with Crippen molar-refractivity contribution in [3.05, 3.63) is 35.5 Å². The van der Waals surface area contributed by atoms with Gasteiger partial charge in [0.05, 0.1) is 0 Å². The lowest BCUT2D eigenvalue weighted by Gasteiger charge is -2.02. The number of anilines is 1. The number of nitrogens with zero attached hydrogens (tertiary/aromatic N) is 2. The van der Waals surface area contributed by atoms with Crippen LogP contribution in [0.15, 0.2) is 24.3 Å². The van der Waals surface area contributed by atoms with E-state index in [0.717, 1.165) is 16.8 Å². The van der Waals surface area contributed by atoms with E-state index in [1.165, 1.54) is 5.56 Å². The maximum absolute atomic E-state index is 5.88. The van der Waals surface area contributed by atoms with Crippen LogP contribution in [0, 0.1) is 13.8 Å². The molecule has 0 atom stereocenters. The van der Waals surface area contributed by atoms with Crippen LogP contribution in [0.1, 0.15) is 11.3 Å². The maximum Gasteiger partial charge on any atom is 0.153 e. The summed E-state index contributed by atoms with van der Waals surface area (Å²) < 4.78 is 1.81. The van der Waals surface area contributed by atoms with Crippen molar-refractivity contribution in [3.63, 3.8) is 0 Å². The smallest absolute Gasteiger partial charge is 0.153 e. The Morgan fingerprint density at radius 3 is 2.20 bits per heavy atom. The molecule has 0 saturated heterocycles. The summed E-state index contributed by atoms with van der Waals surface area (Å²) in [5.74, 6) is 0.596. The van der Waals surface area contributed by atoms with E-state index in [9.17, 15) is 0 Å². The standard InChI is InChI=1S/C12H15N3/c1-8-4-6-10(7-5-8)11-9(2)15(3)14-12(11)13/h4-7H,1-3H3,(H2,13,14). The van der Waals surface area contributed by atoms with Gasteiger partial charge in [-0.3, -0.25) is 4.68 Å². The van der Waals surface area contributed by atoms with Crippen molar-refractivity contribution in [1.29, 1.82) is 0 Å². The van der Waals surface area contributed by atoms with Gasteiger partial charge in [-0.25, -0.2) is 0 Å². The zero-order valence-electron chi connectivity index (χ0n) is 9.28. The van der Waals surface area contributed by atoms with Crippen LogP contribution in [-0.2, 0) is 7.05 Å². The molecule has 3 nitrogen and oxygen atoms in total.